The number of thiocarbonyl (C=S) groups is 1. The van der Waals surface area contributed by atoms with Gasteiger partial charge in [-0.15, -0.1) is 5.10 Å². The summed E-state index contributed by atoms with van der Waals surface area (Å²) < 4.78 is 2.13. The van der Waals surface area contributed by atoms with Crippen molar-refractivity contribution in [3.05, 3.63) is 11.4 Å². The van der Waals surface area contributed by atoms with Crippen molar-refractivity contribution in [3.8, 4) is 0 Å². The highest BCUT2D eigenvalue weighted by molar-refractivity contribution is 7.80. The molecule has 0 spiro atoms. The van der Waals surface area contributed by atoms with Gasteiger partial charge in [-0.1, -0.05) is 36.7 Å². The molecular formula is C12H18N4S. The Morgan fingerprint density at radius 1 is 1.18 bits per heavy atom. The van der Waals surface area contributed by atoms with Crippen LogP contribution in [0.2, 0.25) is 0 Å². The Bertz CT molecular complexity index is 430. The molecule has 2 aliphatic carbocycles. The van der Waals surface area contributed by atoms with E-state index in [1.165, 1.54) is 50.6 Å². The van der Waals surface area contributed by atoms with Gasteiger partial charge in [0, 0.05) is 5.92 Å². The molecule has 17 heavy (non-hydrogen) atoms. The maximum Gasteiger partial charge on any atom is 0.143 e. The SMILES string of the molecule is NC(=S)c1nnn(C2CCCCC2)c1C1CC1. The highest BCUT2D eigenvalue weighted by Crippen LogP contribution is 2.43. The van der Waals surface area contributed by atoms with Gasteiger partial charge in [-0.05, 0) is 25.7 Å². The minimum absolute atomic E-state index is 0.397. The van der Waals surface area contributed by atoms with E-state index in [2.05, 4.69) is 15.0 Å². The molecule has 0 unspecified atom stereocenters. The van der Waals surface area contributed by atoms with Gasteiger partial charge in [0.1, 0.15) is 10.7 Å². The smallest absolute Gasteiger partial charge is 0.143 e. The zero-order valence-electron chi connectivity index (χ0n) is 9.93. The van der Waals surface area contributed by atoms with Crippen molar-refractivity contribution in [1.82, 2.24) is 15.0 Å². The summed E-state index contributed by atoms with van der Waals surface area (Å²) in [6, 6.07) is 0.523. The number of hydrogen-bond acceptors (Lipinski definition) is 3. The van der Waals surface area contributed by atoms with E-state index in [9.17, 15) is 0 Å². The van der Waals surface area contributed by atoms with Crippen LogP contribution in [0.1, 0.15) is 68.3 Å². The Morgan fingerprint density at radius 2 is 1.88 bits per heavy atom. The van der Waals surface area contributed by atoms with Gasteiger partial charge in [-0.2, -0.15) is 0 Å². The minimum Gasteiger partial charge on any atom is -0.388 e. The normalized spacial score (nSPS) is 21.6. The van der Waals surface area contributed by atoms with Crippen LogP contribution in [0.4, 0.5) is 0 Å². The van der Waals surface area contributed by atoms with E-state index < -0.39 is 0 Å². The number of hydrogen-bond donors (Lipinski definition) is 1. The van der Waals surface area contributed by atoms with Crippen molar-refractivity contribution in [2.45, 2.75) is 56.9 Å². The molecule has 1 heterocycles. The fourth-order valence-electron chi connectivity index (χ4n) is 2.81. The van der Waals surface area contributed by atoms with Gasteiger partial charge in [0.2, 0.25) is 0 Å². The Kier molecular flexibility index (Phi) is 2.86. The fourth-order valence-corrected chi connectivity index (χ4v) is 2.95. The lowest BCUT2D eigenvalue weighted by Gasteiger charge is -2.23. The maximum atomic E-state index is 5.74. The molecule has 0 atom stereocenters. The molecule has 0 amide bonds. The largest absolute Gasteiger partial charge is 0.388 e. The summed E-state index contributed by atoms with van der Waals surface area (Å²) >= 11 is 5.07. The monoisotopic (exact) mass is 250 g/mol. The fraction of sp³-hybridized carbons (Fsp3) is 0.750. The van der Waals surface area contributed by atoms with Crippen LogP contribution in [0.3, 0.4) is 0 Å². The highest BCUT2D eigenvalue weighted by atomic mass is 32.1. The van der Waals surface area contributed by atoms with E-state index in [-0.39, 0.29) is 0 Å². The van der Waals surface area contributed by atoms with Gasteiger partial charge in [-0.25, -0.2) is 4.68 Å². The predicted octanol–water partition coefficient (Wildman–Crippen LogP) is 2.29. The molecule has 92 valence electrons. The standard InChI is InChI=1S/C12H18N4S/c13-12(17)10-11(8-6-7-8)16(15-14-10)9-4-2-1-3-5-9/h8-9H,1-7H2,(H2,13,17). The molecule has 0 aromatic carbocycles. The first kappa shape index (κ1) is 11.1. The van der Waals surface area contributed by atoms with Gasteiger partial charge in [0.25, 0.3) is 0 Å². The maximum absolute atomic E-state index is 5.74. The van der Waals surface area contributed by atoms with Gasteiger partial charge in [0.15, 0.2) is 0 Å². The molecule has 3 rings (SSSR count). The average molecular weight is 250 g/mol. The van der Waals surface area contributed by atoms with E-state index in [1.807, 2.05) is 0 Å². The lowest BCUT2D eigenvalue weighted by atomic mass is 9.95. The predicted molar refractivity (Wildman–Crippen MR) is 70.0 cm³/mol. The van der Waals surface area contributed by atoms with Crippen LogP contribution in [-0.2, 0) is 0 Å². The van der Waals surface area contributed by atoms with Crippen molar-refractivity contribution in [1.29, 1.82) is 0 Å². The molecule has 0 aliphatic heterocycles. The first-order valence-corrected chi connectivity index (χ1v) is 6.93. The van der Waals surface area contributed by atoms with Gasteiger partial charge in [0.05, 0.1) is 11.7 Å². The van der Waals surface area contributed by atoms with Crippen molar-refractivity contribution < 1.29 is 0 Å². The van der Waals surface area contributed by atoms with E-state index in [0.29, 0.717) is 16.9 Å². The van der Waals surface area contributed by atoms with Crippen LogP contribution in [-0.4, -0.2) is 20.0 Å². The van der Waals surface area contributed by atoms with Crippen molar-refractivity contribution in [3.63, 3.8) is 0 Å². The van der Waals surface area contributed by atoms with Crippen molar-refractivity contribution in [2.75, 3.05) is 0 Å². The average Bonchev–Trinajstić information content (AvgIpc) is 3.08. The molecule has 0 bridgehead atoms. The lowest BCUT2D eigenvalue weighted by molar-refractivity contribution is 0.317. The van der Waals surface area contributed by atoms with Crippen LogP contribution in [0.15, 0.2) is 0 Å². The first-order valence-electron chi connectivity index (χ1n) is 6.52. The summed E-state index contributed by atoms with van der Waals surface area (Å²) in [6.45, 7) is 0. The quantitative estimate of drug-likeness (QED) is 0.836. The topological polar surface area (TPSA) is 56.7 Å². The van der Waals surface area contributed by atoms with E-state index in [1.54, 1.807) is 0 Å². The van der Waals surface area contributed by atoms with Gasteiger partial charge < -0.3 is 5.73 Å². The number of rotatable bonds is 3. The van der Waals surface area contributed by atoms with Crippen molar-refractivity contribution >= 4 is 17.2 Å². The van der Waals surface area contributed by atoms with Crippen molar-refractivity contribution in [2.24, 2.45) is 5.73 Å². The molecule has 2 N–H and O–H groups in total. The summed E-state index contributed by atoms with van der Waals surface area (Å²) in [5.41, 5.74) is 7.72. The number of nitrogens with two attached hydrogens (primary N) is 1. The molecule has 0 radical (unpaired) electrons. The van der Waals surface area contributed by atoms with E-state index in [0.717, 1.165) is 5.69 Å². The number of aromatic nitrogens is 3. The molecule has 2 aliphatic rings. The third-order valence-corrected chi connectivity index (χ3v) is 4.04. The van der Waals surface area contributed by atoms with Crippen LogP contribution in [0.25, 0.3) is 0 Å². The summed E-state index contributed by atoms with van der Waals surface area (Å²) in [5.74, 6) is 0.600. The van der Waals surface area contributed by atoms with Crippen LogP contribution < -0.4 is 5.73 Å². The summed E-state index contributed by atoms with van der Waals surface area (Å²) in [6.07, 6.45) is 8.87. The molecule has 1 aromatic rings. The second-order valence-corrected chi connectivity index (χ2v) is 5.64. The Balaban J connectivity index is 1.95. The number of nitrogens with zero attached hydrogens (tertiary/aromatic N) is 3. The second kappa shape index (κ2) is 4.37. The molecule has 2 fully saturated rings. The van der Waals surface area contributed by atoms with Crippen LogP contribution in [0, 0.1) is 0 Å². The highest BCUT2D eigenvalue weighted by Gasteiger charge is 2.34. The summed E-state index contributed by atoms with van der Waals surface area (Å²) in [4.78, 5) is 0.397. The second-order valence-electron chi connectivity index (χ2n) is 5.20. The lowest BCUT2D eigenvalue weighted by Crippen LogP contribution is -2.18. The molecule has 4 nitrogen and oxygen atoms in total. The molecular weight excluding hydrogens is 232 g/mol. The van der Waals surface area contributed by atoms with E-state index >= 15 is 0 Å². The first-order chi connectivity index (χ1) is 8.27. The Morgan fingerprint density at radius 3 is 2.47 bits per heavy atom. The van der Waals surface area contributed by atoms with Gasteiger partial charge >= 0.3 is 0 Å². The Labute approximate surface area is 107 Å². The molecule has 0 saturated heterocycles. The zero-order chi connectivity index (χ0) is 11.8. The molecule has 2 saturated carbocycles. The summed E-state index contributed by atoms with van der Waals surface area (Å²) in [5, 5.41) is 8.52. The van der Waals surface area contributed by atoms with Crippen LogP contribution >= 0.6 is 12.2 Å². The van der Waals surface area contributed by atoms with Crippen LogP contribution in [0.5, 0.6) is 0 Å². The third-order valence-electron chi connectivity index (χ3n) is 3.85. The molecule has 1 aromatic heterocycles. The van der Waals surface area contributed by atoms with Gasteiger partial charge in [-0.3, -0.25) is 0 Å². The minimum atomic E-state index is 0.397. The third kappa shape index (κ3) is 2.08. The Hall–Kier alpha value is -0.970. The van der Waals surface area contributed by atoms with E-state index in [4.69, 9.17) is 18.0 Å². The molecule has 5 heteroatoms. The zero-order valence-corrected chi connectivity index (χ0v) is 10.7. The summed E-state index contributed by atoms with van der Waals surface area (Å²) in [7, 11) is 0.